The number of rotatable bonds is 5. The van der Waals surface area contributed by atoms with Gasteiger partial charge in [-0.3, -0.25) is 4.39 Å². The van der Waals surface area contributed by atoms with Crippen LogP contribution < -0.4 is 0 Å². The predicted octanol–water partition coefficient (Wildman–Crippen LogP) is 4.39. The molecule has 0 N–H and O–H groups in total. The molecule has 1 aromatic rings. The molecule has 0 heterocycles. The molecule has 0 aliphatic rings. The molecule has 0 fully saturated rings. The summed E-state index contributed by atoms with van der Waals surface area (Å²) >= 11 is 5.74. The standard InChI is InChI=1S/C14H15ClF2/c1-3-12-7-11(8-13(15)14(12)17)6-4-5-10(2)9-16/h1,7-8,10H,4-6,9H2,2H3/t10-/m1/s1. The van der Waals surface area contributed by atoms with Crippen molar-refractivity contribution in [2.45, 2.75) is 26.2 Å². The second kappa shape index (κ2) is 6.61. The van der Waals surface area contributed by atoms with Gasteiger partial charge in [0.25, 0.3) is 0 Å². The van der Waals surface area contributed by atoms with Gasteiger partial charge in [-0.1, -0.05) is 24.4 Å². The average molecular weight is 257 g/mol. The maximum atomic E-state index is 13.4. The quantitative estimate of drug-likeness (QED) is 0.686. The van der Waals surface area contributed by atoms with Crippen molar-refractivity contribution in [2.24, 2.45) is 5.92 Å². The van der Waals surface area contributed by atoms with Gasteiger partial charge in [-0.25, -0.2) is 4.39 Å². The van der Waals surface area contributed by atoms with Gasteiger partial charge in [0.15, 0.2) is 5.82 Å². The molecule has 1 aromatic carbocycles. The van der Waals surface area contributed by atoms with Gasteiger partial charge in [-0.15, -0.1) is 6.42 Å². The zero-order chi connectivity index (χ0) is 12.8. The van der Waals surface area contributed by atoms with Crippen LogP contribution in [-0.4, -0.2) is 6.67 Å². The van der Waals surface area contributed by atoms with Crippen molar-refractivity contribution in [1.29, 1.82) is 0 Å². The van der Waals surface area contributed by atoms with Crippen LogP contribution in [0.25, 0.3) is 0 Å². The van der Waals surface area contributed by atoms with Gasteiger partial charge in [0.1, 0.15) is 0 Å². The fourth-order valence-electron chi connectivity index (χ4n) is 1.63. The Morgan fingerprint density at radius 1 is 1.47 bits per heavy atom. The minimum atomic E-state index is -0.546. The van der Waals surface area contributed by atoms with Crippen molar-refractivity contribution >= 4 is 11.6 Å². The van der Waals surface area contributed by atoms with Gasteiger partial charge >= 0.3 is 0 Å². The summed E-state index contributed by atoms with van der Waals surface area (Å²) in [4.78, 5) is 0. The normalized spacial score (nSPS) is 12.2. The Balaban J connectivity index is 2.67. The molecular weight excluding hydrogens is 242 g/mol. The van der Waals surface area contributed by atoms with Crippen LogP contribution >= 0.6 is 11.6 Å². The molecule has 92 valence electrons. The van der Waals surface area contributed by atoms with Gasteiger partial charge in [-0.2, -0.15) is 0 Å². The zero-order valence-electron chi connectivity index (χ0n) is 9.77. The Labute approximate surface area is 106 Å². The Kier molecular flexibility index (Phi) is 5.44. The molecule has 0 saturated carbocycles. The van der Waals surface area contributed by atoms with Gasteiger partial charge in [-0.05, 0) is 42.9 Å². The van der Waals surface area contributed by atoms with Crippen LogP contribution in [0.3, 0.4) is 0 Å². The second-order valence-electron chi connectivity index (χ2n) is 4.24. The highest BCUT2D eigenvalue weighted by Gasteiger charge is 2.08. The number of alkyl halides is 1. The Bertz CT molecular complexity index is 421. The fourth-order valence-corrected chi connectivity index (χ4v) is 1.87. The van der Waals surface area contributed by atoms with E-state index in [1.165, 1.54) is 0 Å². The van der Waals surface area contributed by atoms with Gasteiger partial charge in [0, 0.05) is 0 Å². The largest absolute Gasteiger partial charge is 0.251 e. The van der Waals surface area contributed by atoms with Crippen LogP contribution in [0, 0.1) is 24.1 Å². The lowest BCUT2D eigenvalue weighted by Crippen LogP contribution is -1.98. The first-order valence-corrected chi connectivity index (χ1v) is 5.96. The number of hydrogen-bond acceptors (Lipinski definition) is 0. The molecule has 0 aliphatic carbocycles. The molecule has 0 aliphatic heterocycles. The van der Waals surface area contributed by atoms with E-state index in [0.717, 1.165) is 24.8 Å². The van der Waals surface area contributed by atoms with Crippen molar-refractivity contribution < 1.29 is 8.78 Å². The van der Waals surface area contributed by atoms with E-state index in [1.807, 2.05) is 6.92 Å². The topological polar surface area (TPSA) is 0 Å². The highest BCUT2D eigenvalue weighted by molar-refractivity contribution is 6.30. The first kappa shape index (κ1) is 14.0. The summed E-state index contributed by atoms with van der Waals surface area (Å²) < 4.78 is 25.6. The van der Waals surface area contributed by atoms with E-state index in [9.17, 15) is 8.78 Å². The molecule has 0 nitrogen and oxygen atoms in total. The van der Waals surface area contributed by atoms with Crippen LogP contribution in [0.2, 0.25) is 5.02 Å². The molecule has 1 rings (SSSR count). The highest BCUT2D eigenvalue weighted by Crippen LogP contribution is 2.22. The van der Waals surface area contributed by atoms with Gasteiger partial charge < -0.3 is 0 Å². The minimum Gasteiger partial charge on any atom is -0.251 e. The van der Waals surface area contributed by atoms with E-state index in [2.05, 4.69) is 5.92 Å². The van der Waals surface area contributed by atoms with E-state index >= 15 is 0 Å². The van der Waals surface area contributed by atoms with Crippen molar-refractivity contribution in [3.8, 4) is 12.3 Å². The van der Waals surface area contributed by atoms with E-state index in [1.54, 1.807) is 12.1 Å². The Morgan fingerprint density at radius 3 is 2.76 bits per heavy atom. The van der Waals surface area contributed by atoms with Crippen molar-refractivity contribution in [3.05, 3.63) is 34.1 Å². The Hall–Kier alpha value is -1.07. The predicted molar refractivity (Wildman–Crippen MR) is 67.4 cm³/mol. The molecule has 0 bridgehead atoms. The van der Waals surface area contributed by atoms with Crippen molar-refractivity contribution in [2.75, 3.05) is 6.67 Å². The molecule has 3 heteroatoms. The molecule has 0 unspecified atom stereocenters. The number of aryl methyl sites for hydroxylation is 1. The lowest BCUT2D eigenvalue weighted by atomic mass is 10.0. The second-order valence-corrected chi connectivity index (χ2v) is 4.64. The summed E-state index contributed by atoms with van der Waals surface area (Å²) in [6.45, 7) is 1.56. The summed E-state index contributed by atoms with van der Waals surface area (Å²) in [7, 11) is 0. The third kappa shape index (κ3) is 4.02. The number of hydrogen-bond donors (Lipinski definition) is 0. The average Bonchev–Trinajstić information content (AvgIpc) is 2.33. The third-order valence-electron chi connectivity index (χ3n) is 2.67. The first-order valence-electron chi connectivity index (χ1n) is 5.59. The van der Waals surface area contributed by atoms with Gasteiger partial charge in [0.05, 0.1) is 17.3 Å². The summed E-state index contributed by atoms with van der Waals surface area (Å²) in [5, 5.41) is 0.0500. The van der Waals surface area contributed by atoms with Crippen molar-refractivity contribution in [1.82, 2.24) is 0 Å². The number of benzene rings is 1. The molecule has 0 aromatic heterocycles. The van der Waals surface area contributed by atoms with Crippen LogP contribution in [0.4, 0.5) is 8.78 Å². The zero-order valence-corrected chi connectivity index (χ0v) is 10.5. The minimum absolute atomic E-state index is 0.0500. The lowest BCUT2D eigenvalue weighted by Gasteiger charge is -2.07. The molecule has 17 heavy (non-hydrogen) atoms. The van der Waals surface area contributed by atoms with Crippen molar-refractivity contribution in [3.63, 3.8) is 0 Å². The van der Waals surface area contributed by atoms with Crippen LogP contribution in [0.1, 0.15) is 30.9 Å². The van der Waals surface area contributed by atoms with Gasteiger partial charge in [0.2, 0.25) is 0 Å². The molecule has 1 atom stereocenters. The summed E-state index contributed by atoms with van der Waals surface area (Å²) in [5.41, 5.74) is 1.08. The third-order valence-corrected chi connectivity index (χ3v) is 2.94. The van der Waals surface area contributed by atoms with Crippen LogP contribution in [-0.2, 0) is 6.42 Å². The van der Waals surface area contributed by atoms with E-state index in [4.69, 9.17) is 18.0 Å². The SMILES string of the molecule is C#Cc1cc(CCC[C@@H](C)CF)cc(Cl)c1F. The summed E-state index contributed by atoms with van der Waals surface area (Å²) in [6, 6.07) is 3.21. The fraction of sp³-hybridized carbons (Fsp3) is 0.429. The van der Waals surface area contributed by atoms with E-state index < -0.39 is 5.82 Å². The molecule has 0 saturated heterocycles. The lowest BCUT2D eigenvalue weighted by molar-refractivity contribution is 0.360. The maximum absolute atomic E-state index is 13.4. The summed E-state index contributed by atoms with van der Waals surface area (Å²) in [6.07, 6.45) is 7.57. The molecule has 0 radical (unpaired) electrons. The molecular formula is C14H15ClF2. The maximum Gasteiger partial charge on any atom is 0.157 e. The van der Waals surface area contributed by atoms with Crippen LogP contribution in [0.15, 0.2) is 12.1 Å². The van der Waals surface area contributed by atoms with E-state index in [0.29, 0.717) is 0 Å². The molecule has 0 amide bonds. The smallest absolute Gasteiger partial charge is 0.157 e. The first-order chi connectivity index (χ1) is 8.08. The monoisotopic (exact) mass is 256 g/mol. The number of halogens is 3. The highest BCUT2D eigenvalue weighted by atomic mass is 35.5. The molecule has 0 spiro atoms. The summed E-state index contributed by atoms with van der Waals surface area (Å²) in [5.74, 6) is 1.79. The number of terminal acetylenes is 1. The Morgan fingerprint density at radius 2 is 2.18 bits per heavy atom. The van der Waals surface area contributed by atoms with Crippen LogP contribution in [0.5, 0.6) is 0 Å². The van der Waals surface area contributed by atoms with E-state index in [-0.39, 0.29) is 23.2 Å².